The van der Waals surface area contributed by atoms with E-state index >= 15 is 0 Å². The summed E-state index contributed by atoms with van der Waals surface area (Å²) in [5.74, 6) is -0.0388. The van der Waals surface area contributed by atoms with E-state index in [1.165, 1.54) is 0 Å². The van der Waals surface area contributed by atoms with Crippen molar-refractivity contribution >= 4 is 5.82 Å². The Morgan fingerprint density at radius 1 is 1.15 bits per heavy atom. The number of hydrogen-bond donors (Lipinski definition) is 7. The number of hydrogen-bond acceptors (Lipinski definition) is 8. The lowest BCUT2D eigenvalue weighted by Gasteiger charge is -2.40. The normalized spacial score (nSPS) is 33.9. The fourth-order valence-corrected chi connectivity index (χ4v) is 1.92. The van der Waals surface area contributed by atoms with Crippen molar-refractivity contribution < 1.29 is 25.2 Å². The molecule has 10 nitrogen and oxygen atoms in total. The molecule has 112 valence electrons. The summed E-state index contributed by atoms with van der Waals surface area (Å²) in [5, 5.41) is 40.5. The van der Waals surface area contributed by atoms with Crippen molar-refractivity contribution in [1.82, 2.24) is 9.97 Å². The van der Waals surface area contributed by atoms with Crippen LogP contribution in [0.1, 0.15) is 0 Å². The van der Waals surface area contributed by atoms with Crippen LogP contribution in [0.4, 0.5) is 5.82 Å². The molecule has 1 aromatic heterocycles. The molecule has 20 heavy (non-hydrogen) atoms. The van der Waals surface area contributed by atoms with Crippen molar-refractivity contribution in [3.63, 3.8) is 0 Å². The second-order valence-electron chi connectivity index (χ2n) is 4.40. The zero-order chi connectivity index (χ0) is 14.9. The lowest BCUT2D eigenvalue weighted by Crippen LogP contribution is -2.60. The quantitative estimate of drug-likeness (QED) is 0.298. The van der Waals surface area contributed by atoms with E-state index in [0.29, 0.717) is 0 Å². The molecule has 10 heteroatoms. The van der Waals surface area contributed by atoms with Gasteiger partial charge in [-0.15, -0.1) is 0 Å². The highest BCUT2D eigenvalue weighted by atomic mass is 16.6. The van der Waals surface area contributed by atoms with E-state index in [2.05, 4.69) is 10.3 Å². The largest absolute Gasteiger partial charge is 0.394 e. The van der Waals surface area contributed by atoms with E-state index in [1.54, 1.807) is 0 Å². The number of anilines is 1. The Kier molecular flexibility index (Phi) is 4.20. The number of aliphatic hydroxyl groups is 4. The summed E-state index contributed by atoms with van der Waals surface area (Å²) in [6.45, 7) is -0.574. The molecule has 0 aromatic carbocycles. The standard InChI is InChI=1S/C10H15N3O7/c14-2-3-6(16)7(17)8(18)9(20-3)11-4-1-5(15)13-10(19)12-4/h1,3,6-9,14,16-18H,2H2,(H3,11,12,13,15,19)/t3-,6-,7+,8-,9?/m1/s1. The monoisotopic (exact) mass is 289 g/mol. The molecular formula is C10H15N3O7. The molecule has 1 aliphatic heterocycles. The van der Waals surface area contributed by atoms with Crippen LogP contribution < -0.4 is 16.6 Å². The zero-order valence-corrected chi connectivity index (χ0v) is 10.2. The molecule has 5 atom stereocenters. The molecule has 2 heterocycles. The number of aromatic amines is 2. The highest BCUT2D eigenvalue weighted by Crippen LogP contribution is 2.21. The Hall–Kier alpha value is -1.72. The molecule has 0 radical (unpaired) electrons. The number of rotatable bonds is 3. The fraction of sp³-hybridized carbons (Fsp3) is 0.600. The van der Waals surface area contributed by atoms with Gasteiger partial charge in [0.05, 0.1) is 6.61 Å². The molecule has 1 aromatic rings. The van der Waals surface area contributed by atoms with Crippen LogP contribution in [0.25, 0.3) is 0 Å². The van der Waals surface area contributed by atoms with Gasteiger partial charge in [0, 0.05) is 6.07 Å². The average molecular weight is 289 g/mol. The van der Waals surface area contributed by atoms with Crippen LogP contribution in [0.2, 0.25) is 0 Å². The van der Waals surface area contributed by atoms with Crippen LogP contribution in [0.3, 0.4) is 0 Å². The van der Waals surface area contributed by atoms with E-state index in [4.69, 9.17) is 9.84 Å². The SMILES string of the molecule is O=c1cc(NC2O[C@H](CO)[C@@H](O)[C@H](O)[C@H]2O)[nH]c(=O)[nH]1. The van der Waals surface area contributed by atoms with Gasteiger partial charge in [-0.05, 0) is 0 Å². The Morgan fingerprint density at radius 2 is 1.85 bits per heavy atom. The smallest absolute Gasteiger partial charge is 0.327 e. The maximum Gasteiger partial charge on any atom is 0.327 e. The predicted octanol–water partition coefficient (Wildman–Crippen LogP) is -3.72. The second kappa shape index (κ2) is 5.73. The van der Waals surface area contributed by atoms with Crippen LogP contribution in [0.5, 0.6) is 0 Å². The first-order chi connectivity index (χ1) is 9.42. The van der Waals surface area contributed by atoms with Crippen LogP contribution >= 0.6 is 0 Å². The number of nitrogens with one attached hydrogen (secondary N) is 3. The van der Waals surface area contributed by atoms with Crippen molar-refractivity contribution in [2.75, 3.05) is 11.9 Å². The maximum absolute atomic E-state index is 11.1. The number of H-pyrrole nitrogens is 2. The Labute approximate surface area is 111 Å². The molecule has 2 rings (SSSR count). The fourth-order valence-electron chi connectivity index (χ4n) is 1.92. The van der Waals surface area contributed by atoms with Gasteiger partial charge in [0.15, 0.2) is 6.23 Å². The van der Waals surface area contributed by atoms with Gasteiger partial charge in [-0.3, -0.25) is 14.8 Å². The van der Waals surface area contributed by atoms with E-state index in [1.807, 2.05) is 4.98 Å². The predicted molar refractivity (Wildman–Crippen MR) is 65.1 cm³/mol. The van der Waals surface area contributed by atoms with Gasteiger partial charge in [0.25, 0.3) is 5.56 Å². The van der Waals surface area contributed by atoms with E-state index in [-0.39, 0.29) is 5.82 Å². The van der Waals surface area contributed by atoms with Gasteiger partial charge in [-0.25, -0.2) is 4.79 Å². The molecular weight excluding hydrogens is 274 g/mol. The molecule has 1 saturated heterocycles. The summed E-state index contributed by atoms with van der Waals surface area (Å²) in [6.07, 6.45) is -6.85. The molecule has 0 saturated carbocycles. The number of aromatic nitrogens is 2. The van der Waals surface area contributed by atoms with Gasteiger partial charge in [0.2, 0.25) is 0 Å². The average Bonchev–Trinajstić information content (AvgIpc) is 2.38. The van der Waals surface area contributed by atoms with Crippen LogP contribution in [-0.4, -0.2) is 67.6 Å². The van der Waals surface area contributed by atoms with Gasteiger partial charge >= 0.3 is 5.69 Å². The highest BCUT2D eigenvalue weighted by Gasteiger charge is 2.43. The molecule has 0 aliphatic carbocycles. The molecule has 1 aliphatic rings. The zero-order valence-electron chi connectivity index (χ0n) is 10.2. The minimum absolute atomic E-state index is 0.0388. The van der Waals surface area contributed by atoms with Gasteiger partial charge < -0.3 is 30.5 Å². The summed E-state index contributed by atoms with van der Waals surface area (Å²) in [5.41, 5.74) is -1.43. The van der Waals surface area contributed by atoms with Gasteiger partial charge in [-0.2, -0.15) is 0 Å². The van der Waals surface area contributed by atoms with Crippen molar-refractivity contribution in [3.05, 3.63) is 26.9 Å². The summed E-state index contributed by atoms with van der Waals surface area (Å²) in [4.78, 5) is 26.4. The highest BCUT2D eigenvalue weighted by molar-refractivity contribution is 5.33. The van der Waals surface area contributed by atoms with E-state index < -0.39 is 48.5 Å². The Bertz CT molecular complexity index is 540. The number of aliphatic hydroxyl groups excluding tert-OH is 4. The summed E-state index contributed by atoms with van der Waals surface area (Å²) >= 11 is 0. The summed E-state index contributed by atoms with van der Waals surface area (Å²) in [6, 6.07) is 1.02. The van der Waals surface area contributed by atoms with Crippen LogP contribution in [0, 0.1) is 0 Å². The minimum atomic E-state index is -1.55. The third kappa shape index (κ3) is 2.89. The summed E-state index contributed by atoms with van der Waals surface area (Å²) < 4.78 is 5.16. The van der Waals surface area contributed by atoms with Gasteiger partial charge in [0.1, 0.15) is 30.2 Å². The Balaban J connectivity index is 2.19. The van der Waals surface area contributed by atoms with Crippen molar-refractivity contribution in [3.8, 4) is 0 Å². The van der Waals surface area contributed by atoms with Crippen molar-refractivity contribution in [2.24, 2.45) is 0 Å². The van der Waals surface area contributed by atoms with Crippen molar-refractivity contribution in [1.29, 1.82) is 0 Å². The summed E-state index contributed by atoms with van der Waals surface area (Å²) in [7, 11) is 0. The Morgan fingerprint density at radius 3 is 2.45 bits per heavy atom. The minimum Gasteiger partial charge on any atom is -0.394 e. The lowest BCUT2D eigenvalue weighted by atomic mass is 9.98. The third-order valence-corrected chi connectivity index (χ3v) is 2.95. The molecule has 1 fully saturated rings. The van der Waals surface area contributed by atoms with E-state index in [0.717, 1.165) is 6.07 Å². The lowest BCUT2D eigenvalue weighted by molar-refractivity contribution is -0.221. The van der Waals surface area contributed by atoms with Gasteiger partial charge in [-0.1, -0.05) is 0 Å². The number of ether oxygens (including phenoxy) is 1. The second-order valence-corrected chi connectivity index (χ2v) is 4.40. The molecule has 7 N–H and O–H groups in total. The first-order valence-electron chi connectivity index (χ1n) is 5.83. The van der Waals surface area contributed by atoms with E-state index in [9.17, 15) is 24.9 Å². The maximum atomic E-state index is 11.1. The molecule has 0 amide bonds. The van der Waals surface area contributed by atoms with Crippen molar-refractivity contribution in [2.45, 2.75) is 30.6 Å². The first kappa shape index (κ1) is 14.7. The third-order valence-electron chi connectivity index (χ3n) is 2.95. The van der Waals surface area contributed by atoms with Crippen LogP contribution in [-0.2, 0) is 4.74 Å². The molecule has 0 bridgehead atoms. The first-order valence-corrected chi connectivity index (χ1v) is 5.83. The molecule has 1 unspecified atom stereocenters. The van der Waals surface area contributed by atoms with Crippen LogP contribution in [0.15, 0.2) is 15.7 Å². The topological polar surface area (TPSA) is 168 Å². The molecule has 0 spiro atoms.